The predicted octanol–water partition coefficient (Wildman–Crippen LogP) is 0.686. The lowest BCUT2D eigenvalue weighted by atomic mass is 10.3. The molecular formula is C9H13NO3. The molecule has 0 bridgehead atoms. The second-order valence-corrected chi connectivity index (χ2v) is 2.84. The molecule has 0 N–H and O–H groups in total. The van der Waals surface area contributed by atoms with Gasteiger partial charge in [0.2, 0.25) is 5.91 Å². The zero-order chi connectivity index (χ0) is 9.84. The smallest absolute Gasteiger partial charge is 0.332 e. The van der Waals surface area contributed by atoms with Crippen LogP contribution in [0.25, 0.3) is 0 Å². The van der Waals surface area contributed by atoms with E-state index in [1.165, 1.54) is 11.0 Å². The maximum atomic E-state index is 11.1. The highest BCUT2D eigenvalue weighted by Gasteiger charge is 2.22. The van der Waals surface area contributed by atoms with Gasteiger partial charge >= 0.3 is 5.97 Å². The molecule has 13 heavy (non-hydrogen) atoms. The SMILES string of the molecule is CCOC(=O)/C=C1\CCC(=O)N1C. The molecule has 1 fully saturated rings. The number of carbonyl (C=O) groups excluding carboxylic acids is 2. The molecule has 0 spiro atoms. The molecule has 72 valence electrons. The van der Waals surface area contributed by atoms with Gasteiger partial charge in [-0.1, -0.05) is 0 Å². The van der Waals surface area contributed by atoms with E-state index in [1.807, 2.05) is 0 Å². The Labute approximate surface area is 77.2 Å². The standard InChI is InChI=1S/C9H13NO3/c1-3-13-9(12)6-7-4-5-8(11)10(7)2/h6H,3-5H2,1-2H3/b7-6+. The van der Waals surface area contributed by atoms with Crippen LogP contribution < -0.4 is 0 Å². The van der Waals surface area contributed by atoms with E-state index in [-0.39, 0.29) is 11.9 Å². The van der Waals surface area contributed by atoms with Crippen LogP contribution in [0.2, 0.25) is 0 Å². The van der Waals surface area contributed by atoms with Crippen molar-refractivity contribution in [1.82, 2.24) is 4.90 Å². The number of nitrogens with zero attached hydrogens (tertiary/aromatic N) is 1. The van der Waals surface area contributed by atoms with E-state index in [0.29, 0.717) is 19.4 Å². The van der Waals surface area contributed by atoms with E-state index in [1.54, 1.807) is 14.0 Å². The molecule has 4 nitrogen and oxygen atoms in total. The minimum absolute atomic E-state index is 0.0514. The number of likely N-dealkylation sites (tertiary alicyclic amines) is 1. The van der Waals surface area contributed by atoms with Crippen LogP contribution in [-0.4, -0.2) is 30.4 Å². The number of hydrogen-bond acceptors (Lipinski definition) is 3. The van der Waals surface area contributed by atoms with E-state index in [0.717, 1.165) is 5.70 Å². The average molecular weight is 183 g/mol. The van der Waals surface area contributed by atoms with Crippen LogP contribution in [0.3, 0.4) is 0 Å². The maximum absolute atomic E-state index is 11.1. The third kappa shape index (κ3) is 2.31. The van der Waals surface area contributed by atoms with Crippen LogP contribution in [-0.2, 0) is 14.3 Å². The number of allylic oxidation sites excluding steroid dienone is 1. The van der Waals surface area contributed by atoms with E-state index in [9.17, 15) is 9.59 Å². The first-order valence-corrected chi connectivity index (χ1v) is 4.29. The van der Waals surface area contributed by atoms with E-state index in [2.05, 4.69) is 0 Å². The van der Waals surface area contributed by atoms with Gasteiger partial charge in [-0.05, 0) is 13.3 Å². The molecule has 0 atom stereocenters. The minimum Gasteiger partial charge on any atom is -0.463 e. The summed E-state index contributed by atoms with van der Waals surface area (Å²) in [6, 6.07) is 0. The molecule has 1 saturated heterocycles. The second kappa shape index (κ2) is 4.07. The molecule has 1 heterocycles. The van der Waals surface area contributed by atoms with Crippen LogP contribution in [0.15, 0.2) is 11.8 Å². The lowest BCUT2D eigenvalue weighted by Crippen LogP contribution is -2.18. The highest BCUT2D eigenvalue weighted by atomic mass is 16.5. The van der Waals surface area contributed by atoms with Crippen molar-refractivity contribution < 1.29 is 14.3 Å². The number of rotatable bonds is 2. The number of ether oxygens (including phenoxy) is 1. The maximum Gasteiger partial charge on any atom is 0.332 e. The van der Waals surface area contributed by atoms with Crippen molar-refractivity contribution in [3.05, 3.63) is 11.8 Å². The summed E-state index contributed by atoms with van der Waals surface area (Å²) in [5.74, 6) is -0.324. The Morgan fingerprint density at radius 1 is 1.62 bits per heavy atom. The molecule has 0 radical (unpaired) electrons. The van der Waals surface area contributed by atoms with Gasteiger partial charge in [0.25, 0.3) is 0 Å². The number of esters is 1. The predicted molar refractivity (Wildman–Crippen MR) is 46.7 cm³/mol. The van der Waals surface area contributed by atoms with Gasteiger partial charge in [-0.3, -0.25) is 4.79 Å². The zero-order valence-corrected chi connectivity index (χ0v) is 7.87. The molecule has 0 aromatic rings. The Balaban J connectivity index is 2.61. The van der Waals surface area contributed by atoms with Crippen LogP contribution in [0, 0.1) is 0 Å². The van der Waals surface area contributed by atoms with Gasteiger partial charge in [0.05, 0.1) is 6.61 Å². The molecule has 1 aliphatic heterocycles. The van der Waals surface area contributed by atoms with Crippen molar-refractivity contribution in [2.45, 2.75) is 19.8 Å². The van der Waals surface area contributed by atoms with Gasteiger partial charge in [-0.2, -0.15) is 0 Å². The van der Waals surface area contributed by atoms with Crippen molar-refractivity contribution >= 4 is 11.9 Å². The highest BCUT2D eigenvalue weighted by Crippen LogP contribution is 2.19. The molecule has 4 heteroatoms. The fourth-order valence-corrected chi connectivity index (χ4v) is 1.22. The Morgan fingerprint density at radius 2 is 2.31 bits per heavy atom. The van der Waals surface area contributed by atoms with Crippen LogP contribution >= 0.6 is 0 Å². The largest absolute Gasteiger partial charge is 0.463 e. The fraction of sp³-hybridized carbons (Fsp3) is 0.556. The Bertz CT molecular complexity index is 258. The Morgan fingerprint density at radius 3 is 2.77 bits per heavy atom. The van der Waals surface area contributed by atoms with Crippen molar-refractivity contribution in [3.8, 4) is 0 Å². The molecule has 0 saturated carbocycles. The summed E-state index contributed by atoms with van der Waals surface area (Å²) in [5.41, 5.74) is 0.739. The summed E-state index contributed by atoms with van der Waals surface area (Å²) in [6.07, 6.45) is 2.50. The van der Waals surface area contributed by atoms with Gasteiger partial charge < -0.3 is 9.64 Å². The summed E-state index contributed by atoms with van der Waals surface area (Å²) in [6.45, 7) is 2.11. The second-order valence-electron chi connectivity index (χ2n) is 2.84. The van der Waals surface area contributed by atoms with E-state index < -0.39 is 0 Å². The normalized spacial score (nSPS) is 19.7. The highest BCUT2D eigenvalue weighted by molar-refractivity contribution is 5.87. The Hall–Kier alpha value is -1.32. The van der Waals surface area contributed by atoms with Crippen LogP contribution in [0.4, 0.5) is 0 Å². The lowest BCUT2D eigenvalue weighted by Gasteiger charge is -2.09. The monoisotopic (exact) mass is 183 g/mol. The first kappa shape index (κ1) is 9.77. The fourth-order valence-electron chi connectivity index (χ4n) is 1.22. The van der Waals surface area contributed by atoms with Crippen molar-refractivity contribution in [2.75, 3.05) is 13.7 Å². The summed E-state index contributed by atoms with van der Waals surface area (Å²) >= 11 is 0. The first-order valence-electron chi connectivity index (χ1n) is 4.29. The molecule has 0 aliphatic carbocycles. The van der Waals surface area contributed by atoms with E-state index in [4.69, 9.17) is 4.74 Å². The van der Waals surface area contributed by atoms with E-state index >= 15 is 0 Å². The number of carbonyl (C=O) groups is 2. The summed E-state index contributed by atoms with van der Waals surface area (Å²) in [4.78, 5) is 23.6. The molecule has 0 aromatic heterocycles. The van der Waals surface area contributed by atoms with Gasteiger partial charge in [-0.15, -0.1) is 0 Å². The topological polar surface area (TPSA) is 46.6 Å². The summed E-state index contributed by atoms with van der Waals surface area (Å²) in [5, 5.41) is 0. The first-order chi connectivity index (χ1) is 6.15. The van der Waals surface area contributed by atoms with Crippen molar-refractivity contribution in [2.24, 2.45) is 0 Å². The molecule has 1 amide bonds. The molecule has 0 unspecified atom stereocenters. The zero-order valence-electron chi connectivity index (χ0n) is 7.87. The molecule has 0 aromatic carbocycles. The van der Waals surface area contributed by atoms with Crippen LogP contribution in [0.5, 0.6) is 0 Å². The van der Waals surface area contributed by atoms with Gasteiger partial charge in [-0.25, -0.2) is 4.79 Å². The van der Waals surface area contributed by atoms with Gasteiger partial charge in [0.15, 0.2) is 0 Å². The van der Waals surface area contributed by atoms with Crippen LogP contribution in [0.1, 0.15) is 19.8 Å². The van der Waals surface area contributed by atoms with Gasteiger partial charge in [0, 0.05) is 25.2 Å². The third-order valence-corrected chi connectivity index (χ3v) is 1.97. The number of hydrogen-bond donors (Lipinski definition) is 0. The quantitative estimate of drug-likeness (QED) is 0.467. The minimum atomic E-state index is -0.376. The van der Waals surface area contributed by atoms with Crippen molar-refractivity contribution in [1.29, 1.82) is 0 Å². The molecule has 1 rings (SSSR count). The Kier molecular flexibility index (Phi) is 3.06. The summed E-state index contributed by atoms with van der Waals surface area (Å²) < 4.78 is 4.73. The lowest BCUT2D eigenvalue weighted by molar-refractivity contribution is -0.137. The van der Waals surface area contributed by atoms with Crippen molar-refractivity contribution in [3.63, 3.8) is 0 Å². The number of amides is 1. The molecular weight excluding hydrogens is 170 g/mol. The summed E-state index contributed by atoms with van der Waals surface area (Å²) in [7, 11) is 1.67. The molecule has 1 aliphatic rings. The van der Waals surface area contributed by atoms with Gasteiger partial charge in [0.1, 0.15) is 0 Å². The average Bonchev–Trinajstić information content (AvgIpc) is 2.37. The third-order valence-electron chi connectivity index (χ3n) is 1.97.